The smallest absolute Gasteiger partial charge is 0.328 e. The second-order valence-corrected chi connectivity index (χ2v) is 5.58. The Morgan fingerprint density at radius 2 is 2.11 bits per heavy atom. The molecule has 2 aliphatic heterocycles. The molecule has 2 heterocycles. The number of esters is 1. The summed E-state index contributed by atoms with van der Waals surface area (Å²) in [6, 6.07) is -0.819. The Balaban J connectivity index is 2.23. The number of methoxy groups -OCH3 is 1. The Hall–Kier alpha value is -1.10. The van der Waals surface area contributed by atoms with E-state index in [0.717, 1.165) is 12.8 Å². The van der Waals surface area contributed by atoms with Crippen LogP contribution in [0.25, 0.3) is 0 Å². The summed E-state index contributed by atoms with van der Waals surface area (Å²) in [7, 11) is 1.32. The van der Waals surface area contributed by atoms with Crippen LogP contribution >= 0.6 is 0 Å². The number of hydrogen-bond donors (Lipinski definition) is 1. The van der Waals surface area contributed by atoms with E-state index in [1.807, 2.05) is 13.8 Å². The van der Waals surface area contributed by atoms with Gasteiger partial charge in [0.05, 0.1) is 19.3 Å². The average Bonchev–Trinajstić information content (AvgIpc) is 2.67. The van der Waals surface area contributed by atoms with Gasteiger partial charge in [0, 0.05) is 12.3 Å². The van der Waals surface area contributed by atoms with E-state index in [0.29, 0.717) is 6.42 Å². The van der Waals surface area contributed by atoms with E-state index in [9.17, 15) is 14.7 Å². The van der Waals surface area contributed by atoms with Crippen molar-refractivity contribution in [2.24, 2.45) is 11.8 Å². The molecule has 5 heteroatoms. The molecule has 0 unspecified atom stereocenters. The molecule has 2 fully saturated rings. The van der Waals surface area contributed by atoms with E-state index in [4.69, 9.17) is 4.74 Å². The summed E-state index contributed by atoms with van der Waals surface area (Å²) in [5, 5.41) is 9.98. The maximum absolute atomic E-state index is 12.4. The zero-order chi connectivity index (χ0) is 13.4. The molecule has 5 nitrogen and oxygen atoms in total. The lowest BCUT2D eigenvalue weighted by atomic mass is 9.84. The number of nitrogens with zero attached hydrogens (tertiary/aromatic N) is 1. The molecule has 0 radical (unpaired) electrons. The minimum absolute atomic E-state index is 0.00630. The van der Waals surface area contributed by atoms with Crippen LogP contribution in [-0.2, 0) is 14.3 Å². The quantitative estimate of drug-likeness (QED) is 0.732. The fourth-order valence-corrected chi connectivity index (χ4v) is 3.19. The molecular weight excluding hydrogens is 234 g/mol. The van der Waals surface area contributed by atoms with Gasteiger partial charge in [0.1, 0.15) is 6.04 Å². The lowest BCUT2D eigenvalue weighted by Gasteiger charge is -2.39. The summed E-state index contributed by atoms with van der Waals surface area (Å²) in [4.78, 5) is 25.7. The van der Waals surface area contributed by atoms with Gasteiger partial charge in [-0.25, -0.2) is 4.79 Å². The number of aliphatic hydroxyl groups is 1. The van der Waals surface area contributed by atoms with E-state index in [2.05, 4.69) is 0 Å². The van der Waals surface area contributed by atoms with Crippen molar-refractivity contribution in [3.63, 3.8) is 0 Å². The molecule has 0 saturated carbocycles. The summed E-state index contributed by atoms with van der Waals surface area (Å²) >= 11 is 0. The van der Waals surface area contributed by atoms with E-state index in [1.165, 1.54) is 7.11 Å². The molecule has 0 bridgehead atoms. The highest BCUT2D eigenvalue weighted by atomic mass is 16.5. The van der Waals surface area contributed by atoms with Crippen LogP contribution in [0.1, 0.15) is 33.1 Å². The van der Waals surface area contributed by atoms with Crippen molar-refractivity contribution in [2.45, 2.75) is 51.3 Å². The number of fused-ring (bicyclic) bond motifs is 1. The Kier molecular flexibility index (Phi) is 3.61. The second kappa shape index (κ2) is 4.88. The molecule has 0 aromatic heterocycles. The summed E-state index contributed by atoms with van der Waals surface area (Å²) < 4.78 is 4.73. The van der Waals surface area contributed by atoms with Crippen LogP contribution in [0, 0.1) is 11.8 Å². The van der Waals surface area contributed by atoms with Gasteiger partial charge < -0.3 is 14.7 Å². The molecular formula is C13H21NO4. The molecule has 2 saturated heterocycles. The van der Waals surface area contributed by atoms with Gasteiger partial charge in [-0.3, -0.25) is 4.79 Å². The van der Waals surface area contributed by atoms with Crippen molar-refractivity contribution in [1.82, 2.24) is 4.90 Å². The number of piperidine rings is 1. The lowest BCUT2D eigenvalue weighted by Crippen LogP contribution is -2.53. The minimum atomic E-state index is -0.607. The number of carbonyl (C=O) groups is 2. The van der Waals surface area contributed by atoms with Crippen LogP contribution < -0.4 is 0 Å². The normalized spacial score (nSPS) is 35.8. The number of amides is 1. The van der Waals surface area contributed by atoms with E-state index >= 15 is 0 Å². The average molecular weight is 255 g/mol. The van der Waals surface area contributed by atoms with Crippen molar-refractivity contribution in [2.75, 3.05) is 7.11 Å². The highest BCUT2D eigenvalue weighted by Crippen LogP contribution is 2.37. The van der Waals surface area contributed by atoms with Gasteiger partial charge in [-0.15, -0.1) is 0 Å². The van der Waals surface area contributed by atoms with Gasteiger partial charge in [0.25, 0.3) is 0 Å². The van der Waals surface area contributed by atoms with Crippen molar-refractivity contribution >= 4 is 11.9 Å². The Morgan fingerprint density at radius 3 is 2.67 bits per heavy atom. The number of hydrogen-bond acceptors (Lipinski definition) is 4. The minimum Gasteiger partial charge on any atom is -0.467 e. The predicted molar refractivity (Wildman–Crippen MR) is 64.6 cm³/mol. The zero-order valence-corrected chi connectivity index (χ0v) is 11.1. The van der Waals surface area contributed by atoms with Gasteiger partial charge >= 0.3 is 5.97 Å². The van der Waals surface area contributed by atoms with E-state index in [-0.39, 0.29) is 23.8 Å². The van der Waals surface area contributed by atoms with Crippen molar-refractivity contribution in [3.8, 4) is 0 Å². The van der Waals surface area contributed by atoms with E-state index < -0.39 is 18.1 Å². The summed E-state index contributed by atoms with van der Waals surface area (Å²) in [5.74, 6) is -0.212. The van der Waals surface area contributed by atoms with Gasteiger partial charge in [-0.05, 0) is 18.8 Å². The molecule has 0 aliphatic carbocycles. The molecule has 102 valence electrons. The maximum atomic E-state index is 12.4. The van der Waals surface area contributed by atoms with Gasteiger partial charge in [0.15, 0.2) is 0 Å². The summed E-state index contributed by atoms with van der Waals surface area (Å²) in [6.07, 6.45) is 1.26. The van der Waals surface area contributed by atoms with Gasteiger partial charge in [-0.2, -0.15) is 0 Å². The standard InChI is InChI=1S/C13H21NO4/c1-7(2)8-4-5-9-11(15)6-10(13(17)18-3)14(9)12(8)16/h7-11,15H,4-6H2,1-3H3/t8-,9-,10+,11-/m1/s1. The molecule has 2 aliphatic rings. The Morgan fingerprint density at radius 1 is 1.44 bits per heavy atom. The first-order valence-corrected chi connectivity index (χ1v) is 6.55. The first-order valence-electron chi connectivity index (χ1n) is 6.55. The third-order valence-electron chi connectivity index (χ3n) is 4.23. The first kappa shape index (κ1) is 13.3. The topological polar surface area (TPSA) is 66.8 Å². The van der Waals surface area contributed by atoms with Crippen LogP contribution in [0.2, 0.25) is 0 Å². The highest BCUT2D eigenvalue weighted by Gasteiger charge is 2.51. The number of carbonyl (C=O) groups excluding carboxylic acids is 2. The lowest BCUT2D eigenvalue weighted by molar-refractivity contribution is -0.157. The zero-order valence-electron chi connectivity index (χ0n) is 11.1. The van der Waals surface area contributed by atoms with E-state index in [1.54, 1.807) is 4.90 Å². The molecule has 0 aromatic rings. The maximum Gasteiger partial charge on any atom is 0.328 e. The third kappa shape index (κ3) is 2.00. The molecule has 1 N–H and O–H groups in total. The fourth-order valence-electron chi connectivity index (χ4n) is 3.19. The third-order valence-corrected chi connectivity index (χ3v) is 4.23. The molecule has 4 atom stereocenters. The SMILES string of the molecule is COC(=O)[C@@H]1C[C@@H](O)[C@H]2CC[C@H](C(C)C)C(=O)N21. The Labute approximate surface area is 107 Å². The molecule has 2 rings (SSSR count). The van der Waals surface area contributed by atoms with Crippen molar-refractivity contribution in [3.05, 3.63) is 0 Å². The number of rotatable bonds is 2. The van der Waals surface area contributed by atoms with Crippen LogP contribution in [0.15, 0.2) is 0 Å². The van der Waals surface area contributed by atoms with Crippen LogP contribution in [0.3, 0.4) is 0 Å². The molecule has 0 spiro atoms. The van der Waals surface area contributed by atoms with Crippen LogP contribution in [0.4, 0.5) is 0 Å². The fraction of sp³-hybridized carbons (Fsp3) is 0.846. The monoisotopic (exact) mass is 255 g/mol. The van der Waals surface area contributed by atoms with Gasteiger partial charge in [0.2, 0.25) is 5.91 Å². The first-order chi connectivity index (χ1) is 8.47. The second-order valence-electron chi connectivity index (χ2n) is 5.58. The molecule has 18 heavy (non-hydrogen) atoms. The Bertz CT molecular complexity index is 355. The largest absolute Gasteiger partial charge is 0.467 e. The van der Waals surface area contributed by atoms with Crippen molar-refractivity contribution < 1.29 is 19.4 Å². The van der Waals surface area contributed by atoms with Gasteiger partial charge in [-0.1, -0.05) is 13.8 Å². The predicted octanol–water partition coefficient (Wildman–Crippen LogP) is 0.556. The van der Waals surface area contributed by atoms with Crippen LogP contribution in [-0.4, -0.2) is 47.2 Å². The molecule has 1 amide bonds. The molecule has 0 aromatic carbocycles. The van der Waals surface area contributed by atoms with Crippen LogP contribution in [0.5, 0.6) is 0 Å². The number of ether oxygens (including phenoxy) is 1. The summed E-state index contributed by atoms with van der Waals surface area (Å²) in [6.45, 7) is 4.03. The highest BCUT2D eigenvalue weighted by molar-refractivity contribution is 5.87. The summed E-state index contributed by atoms with van der Waals surface area (Å²) in [5.41, 5.74) is 0. The van der Waals surface area contributed by atoms with Crippen molar-refractivity contribution in [1.29, 1.82) is 0 Å². The number of aliphatic hydroxyl groups excluding tert-OH is 1.